The first kappa shape index (κ1) is 17.9. The third kappa shape index (κ3) is 3.43. The molecule has 1 fully saturated rings. The lowest BCUT2D eigenvalue weighted by molar-refractivity contribution is -0.140. The molecule has 9 heteroatoms. The summed E-state index contributed by atoms with van der Waals surface area (Å²) in [5, 5.41) is 3.71. The van der Waals surface area contributed by atoms with Crippen molar-refractivity contribution < 1.29 is 22.5 Å². The highest BCUT2D eigenvalue weighted by Gasteiger charge is 2.54. The zero-order chi connectivity index (χ0) is 18.5. The zero-order valence-corrected chi connectivity index (χ0v) is 14.5. The average Bonchev–Trinajstić information content (AvgIpc) is 2.99. The quantitative estimate of drug-likeness (QED) is 0.796. The molecule has 25 heavy (non-hydrogen) atoms. The molecule has 134 valence electrons. The molecule has 1 saturated heterocycles. The lowest BCUT2D eigenvalue weighted by Crippen LogP contribution is -2.41. The van der Waals surface area contributed by atoms with Gasteiger partial charge in [0.2, 0.25) is 0 Å². The summed E-state index contributed by atoms with van der Waals surface area (Å²) in [4.78, 5) is 4.11. The Hall–Kier alpha value is -1.87. The number of hydrogen-bond acceptors (Lipinski definition) is 4. The first-order valence-corrected chi connectivity index (χ1v) is 7.90. The SMILES string of the molecule is CC1(C)OB(c2cn(Cc3ccccn3)nc2C(F)(F)F)OC1(C)C. The molecule has 3 rings (SSSR count). The molecule has 0 atom stereocenters. The molecule has 0 bridgehead atoms. The van der Waals surface area contributed by atoms with Crippen LogP contribution in [0.1, 0.15) is 39.1 Å². The Morgan fingerprint density at radius 1 is 1.12 bits per heavy atom. The standard InChI is InChI=1S/C16H19BF3N3O2/c1-14(2)15(3,4)25-17(24-14)12-10-23(22-13(12)16(18,19)20)9-11-7-5-6-8-21-11/h5-8,10H,9H2,1-4H3. The predicted octanol–water partition coefficient (Wildman–Crippen LogP) is 2.64. The molecular formula is C16H19BF3N3O2. The average molecular weight is 353 g/mol. The molecule has 5 nitrogen and oxygen atoms in total. The van der Waals surface area contributed by atoms with E-state index in [4.69, 9.17) is 9.31 Å². The van der Waals surface area contributed by atoms with Crippen molar-refractivity contribution >= 4 is 12.6 Å². The maximum absolute atomic E-state index is 13.4. The van der Waals surface area contributed by atoms with Gasteiger partial charge in [0.15, 0.2) is 5.69 Å². The van der Waals surface area contributed by atoms with Crippen LogP contribution in [0.3, 0.4) is 0 Å². The fourth-order valence-electron chi connectivity index (χ4n) is 2.54. The molecule has 0 spiro atoms. The van der Waals surface area contributed by atoms with Gasteiger partial charge >= 0.3 is 13.3 Å². The predicted molar refractivity (Wildman–Crippen MR) is 86.3 cm³/mol. The highest BCUT2D eigenvalue weighted by Crippen LogP contribution is 2.37. The van der Waals surface area contributed by atoms with Gasteiger partial charge in [-0.3, -0.25) is 9.67 Å². The van der Waals surface area contributed by atoms with E-state index in [1.807, 2.05) is 0 Å². The lowest BCUT2D eigenvalue weighted by atomic mass is 9.79. The molecular weight excluding hydrogens is 334 g/mol. The van der Waals surface area contributed by atoms with Crippen LogP contribution in [0.5, 0.6) is 0 Å². The van der Waals surface area contributed by atoms with Gasteiger partial charge in [-0.1, -0.05) is 6.07 Å². The van der Waals surface area contributed by atoms with E-state index in [9.17, 15) is 13.2 Å². The summed E-state index contributed by atoms with van der Waals surface area (Å²) in [6, 6.07) is 5.23. The molecule has 3 heterocycles. The van der Waals surface area contributed by atoms with Crippen molar-refractivity contribution in [3.8, 4) is 0 Å². The summed E-state index contributed by atoms with van der Waals surface area (Å²) in [5.41, 5.74) is -1.98. The number of alkyl halides is 3. The van der Waals surface area contributed by atoms with Gasteiger partial charge in [0.1, 0.15) is 0 Å². The Balaban J connectivity index is 1.96. The Bertz CT molecular complexity index is 744. The van der Waals surface area contributed by atoms with Crippen molar-refractivity contribution in [2.75, 3.05) is 0 Å². The van der Waals surface area contributed by atoms with Crippen LogP contribution in [0.25, 0.3) is 0 Å². The molecule has 0 unspecified atom stereocenters. The van der Waals surface area contributed by atoms with Gasteiger partial charge in [-0.2, -0.15) is 18.3 Å². The van der Waals surface area contributed by atoms with Gasteiger partial charge in [0.05, 0.1) is 23.4 Å². The number of nitrogens with zero attached hydrogens (tertiary/aromatic N) is 3. The Morgan fingerprint density at radius 3 is 2.28 bits per heavy atom. The molecule has 0 amide bonds. The number of pyridine rings is 1. The second-order valence-electron chi connectivity index (χ2n) is 7.04. The molecule has 1 aliphatic rings. The van der Waals surface area contributed by atoms with Gasteiger partial charge in [-0.05, 0) is 39.8 Å². The molecule has 0 aliphatic carbocycles. The first-order valence-electron chi connectivity index (χ1n) is 7.90. The van der Waals surface area contributed by atoms with Crippen molar-refractivity contribution in [1.29, 1.82) is 0 Å². The van der Waals surface area contributed by atoms with Crippen molar-refractivity contribution in [3.63, 3.8) is 0 Å². The van der Waals surface area contributed by atoms with E-state index in [1.165, 1.54) is 10.9 Å². The summed E-state index contributed by atoms with van der Waals surface area (Å²) in [5.74, 6) is 0. The Kier molecular flexibility index (Phi) is 4.19. The minimum absolute atomic E-state index is 0.123. The molecule has 0 radical (unpaired) electrons. The number of aromatic nitrogens is 3. The minimum Gasteiger partial charge on any atom is -0.399 e. The van der Waals surface area contributed by atoms with E-state index >= 15 is 0 Å². The van der Waals surface area contributed by atoms with Crippen LogP contribution < -0.4 is 5.46 Å². The van der Waals surface area contributed by atoms with Crippen molar-refractivity contribution in [2.24, 2.45) is 0 Å². The molecule has 0 N–H and O–H groups in total. The van der Waals surface area contributed by atoms with E-state index < -0.39 is 30.2 Å². The fraction of sp³-hybridized carbons (Fsp3) is 0.500. The third-order valence-electron chi connectivity index (χ3n) is 4.62. The Morgan fingerprint density at radius 2 is 1.76 bits per heavy atom. The van der Waals surface area contributed by atoms with Crippen molar-refractivity contribution in [1.82, 2.24) is 14.8 Å². The highest BCUT2D eigenvalue weighted by molar-refractivity contribution is 6.62. The van der Waals surface area contributed by atoms with Crippen LogP contribution in [-0.2, 0) is 22.0 Å². The van der Waals surface area contributed by atoms with E-state index in [1.54, 1.807) is 52.1 Å². The van der Waals surface area contributed by atoms with Crippen LogP contribution in [0.15, 0.2) is 30.6 Å². The van der Waals surface area contributed by atoms with E-state index in [2.05, 4.69) is 10.1 Å². The van der Waals surface area contributed by atoms with Crippen LogP contribution in [0.2, 0.25) is 0 Å². The summed E-state index contributed by atoms with van der Waals surface area (Å²) < 4.78 is 53.0. The van der Waals surface area contributed by atoms with Gasteiger partial charge in [-0.15, -0.1) is 0 Å². The van der Waals surface area contributed by atoms with Gasteiger partial charge in [0.25, 0.3) is 0 Å². The molecule has 2 aromatic heterocycles. The second-order valence-corrected chi connectivity index (χ2v) is 7.04. The van der Waals surface area contributed by atoms with E-state index in [-0.39, 0.29) is 12.0 Å². The molecule has 0 saturated carbocycles. The lowest BCUT2D eigenvalue weighted by Gasteiger charge is -2.32. The second kappa shape index (κ2) is 5.84. The largest absolute Gasteiger partial charge is 0.498 e. The number of rotatable bonds is 3. The molecule has 0 aromatic carbocycles. The van der Waals surface area contributed by atoms with Crippen LogP contribution >= 0.6 is 0 Å². The fourth-order valence-corrected chi connectivity index (χ4v) is 2.54. The van der Waals surface area contributed by atoms with Crippen LogP contribution in [-0.4, -0.2) is 33.1 Å². The topological polar surface area (TPSA) is 49.2 Å². The maximum Gasteiger partial charge on any atom is 0.498 e. The van der Waals surface area contributed by atoms with E-state index in [0.29, 0.717) is 5.69 Å². The summed E-state index contributed by atoms with van der Waals surface area (Å²) in [6.45, 7) is 7.29. The molecule has 1 aliphatic heterocycles. The van der Waals surface area contributed by atoms with E-state index in [0.717, 1.165) is 0 Å². The van der Waals surface area contributed by atoms with Crippen LogP contribution in [0.4, 0.5) is 13.2 Å². The summed E-state index contributed by atoms with van der Waals surface area (Å²) in [6.07, 6.45) is -1.70. The summed E-state index contributed by atoms with van der Waals surface area (Å²) in [7, 11) is -1.13. The zero-order valence-electron chi connectivity index (χ0n) is 14.5. The highest BCUT2D eigenvalue weighted by atomic mass is 19.4. The minimum atomic E-state index is -4.60. The van der Waals surface area contributed by atoms with Gasteiger partial charge in [0, 0.05) is 17.9 Å². The Labute approximate surface area is 144 Å². The smallest absolute Gasteiger partial charge is 0.399 e. The summed E-state index contributed by atoms with van der Waals surface area (Å²) >= 11 is 0. The first-order chi connectivity index (χ1) is 11.5. The van der Waals surface area contributed by atoms with Gasteiger partial charge < -0.3 is 9.31 Å². The van der Waals surface area contributed by atoms with Crippen molar-refractivity contribution in [3.05, 3.63) is 42.0 Å². The third-order valence-corrected chi connectivity index (χ3v) is 4.62. The van der Waals surface area contributed by atoms with Crippen molar-refractivity contribution in [2.45, 2.75) is 51.6 Å². The normalized spacial score (nSPS) is 19.4. The monoisotopic (exact) mass is 353 g/mol. The number of hydrogen-bond donors (Lipinski definition) is 0. The number of halogens is 3. The van der Waals surface area contributed by atoms with Gasteiger partial charge in [-0.25, -0.2) is 0 Å². The maximum atomic E-state index is 13.4. The van der Waals surface area contributed by atoms with Crippen LogP contribution in [0, 0.1) is 0 Å². The molecule has 2 aromatic rings.